The van der Waals surface area contributed by atoms with E-state index in [0.29, 0.717) is 17.8 Å². The molecule has 88 valence electrons. The molecule has 1 aromatic rings. The number of amidine groups is 1. The Hall–Kier alpha value is -1.82. The highest BCUT2D eigenvalue weighted by atomic mass is 19.1. The van der Waals surface area contributed by atoms with Crippen molar-refractivity contribution in [2.24, 2.45) is 10.9 Å². The SMILES string of the molecule is CN(CCO)c1ccc(/C(N)=N/O)cc1F. The molecule has 0 amide bonds. The summed E-state index contributed by atoms with van der Waals surface area (Å²) in [5.41, 5.74) is 5.98. The molecule has 6 heteroatoms. The fraction of sp³-hybridized carbons (Fsp3) is 0.300. The van der Waals surface area contributed by atoms with Crippen molar-refractivity contribution in [2.75, 3.05) is 25.1 Å². The number of aliphatic hydroxyl groups is 1. The third kappa shape index (κ3) is 2.60. The number of hydrogen-bond acceptors (Lipinski definition) is 4. The minimum atomic E-state index is -0.486. The Morgan fingerprint density at radius 3 is 2.75 bits per heavy atom. The van der Waals surface area contributed by atoms with E-state index in [-0.39, 0.29) is 12.4 Å². The normalized spacial score (nSPS) is 11.6. The van der Waals surface area contributed by atoms with E-state index in [4.69, 9.17) is 16.0 Å². The van der Waals surface area contributed by atoms with E-state index in [1.54, 1.807) is 18.0 Å². The first-order valence-corrected chi connectivity index (χ1v) is 4.69. The van der Waals surface area contributed by atoms with Crippen LogP contribution in [0.15, 0.2) is 23.4 Å². The van der Waals surface area contributed by atoms with Gasteiger partial charge in [-0.1, -0.05) is 5.16 Å². The molecular formula is C10H14FN3O2. The number of hydrogen-bond donors (Lipinski definition) is 3. The molecule has 0 unspecified atom stereocenters. The maximum absolute atomic E-state index is 13.6. The molecule has 0 heterocycles. The Kier molecular flexibility index (Phi) is 4.07. The van der Waals surface area contributed by atoms with E-state index in [1.165, 1.54) is 12.1 Å². The van der Waals surface area contributed by atoms with Gasteiger partial charge in [0.15, 0.2) is 5.84 Å². The molecule has 0 saturated heterocycles. The second-order valence-corrected chi connectivity index (χ2v) is 3.30. The van der Waals surface area contributed by atoms with Crippen molar-refractivity contribution in [3.8, 4) is 0 Å². The molecule has 5 nitrogen and oxygen atoms in total. The molecule has 0 bridgehead atoms. The lowest BCUT2D eigenvalue weighted by Gasteiger charge is -2.18. The number of halogens is 1. The summed E-state index contributed by atoms with van der Waals surface area (Å²) in [6, 6.07) is 4.23. The first kappa shape index (κ1) is 12.3. The summed E-state index contributed by atoms with van der Waals surface area (Å²) in [6.45, 7) is 0.276. The van der Waals surface area contributed by atoms with Gasteiger partial charge in [-0.05, 0) is 18.2 Å². The van der Waals surface area contributed by atoms with Gasteiger partial charge in [-0.2, -0.15) is 0 Å². The summed E-state index contributed by atoms with van der Waals surface area (Å²) in [6.07, 6.45) is 0. The van der Waals surface area contributed by atoms with Gasteiger partial charge in [-0.25, -0.2) is 4.39 Å². The minimum Gasteiger partial charge on any atom is -0.409 e. The van der Waals surface area contributed by atoms with Crippen LogP contribution in [0.25, 0.3) is 0 Å². The maximum atomic E-state index is 13.6. The van der Waals surface area contributed by atoms with E-state index in [9.17, 15) is 4.39 Å². The van der Waals surface area contributed by atoms with Crippen molar-refractivity contribution >= 4 is 11.5 Å². The van der Waals surface area contributed by atoms with E-state index in [1.807, 2.05) is 0 Å². The Balaban J connectivity index is 3.00. The molecule has 0 aliphatic heterocycles. The lowest BCUT2D eigenvalue weighted by atomic mass is 10.1. The van der Waals surface area contributed by atoms with Gasteiger partial charge in [0.25, 0.3) is 0 Å². The molecule has 0 spiro atoms. The van der Waals surface area contributed by atoms with Crippen LogP contribution in [0.5, 0.6) is 0 Å². The van der Waals surface area contributed by atoms with Gasteiger partial charge in [0, 0.05) is 19.2 Å². The number of anilines is 1. The highest BCUT2D eigenvalue weighted by Crippen LogP contribution is 2.19. The van der Waals surface area contributed by atoms with Crippen molar-refractivity contribution in [1.29, 1.82) is 0 Å². The lowest BCUT2D eigenvalue weighted by molar-refractivity contribution is 0.304. The molecular weight excluding hydrogens is 213 g/mol. The molecule has 0 atom stereocenters. The van der Waals surface area contributed by atoms with Crippen molar-refractivity contribution in [3.05, 3.63) is 29.6 Å². The van der Waals surface area contributed by atoms with Crippen LogP contribution >= 0.6 is 0 Å². The zero-order valence-corrected chi connectivity index (χ0v) is 8.89. The van der Waals surface area contributed by atoms with Crippen LogP contribution in [0.4, 0.5) is 10.1 Å². The molecule has 0 aromatic heterocycles. The van der Waals surface area contributed by atoms with Crippen LogP contribution in [0.2, 0.25) is 0 Å². The van der Waals surface area contributed by atoms with E-state index >= 15 is 0 Å². The quantitative estimate of drug-likeness (QED) is 0.300. The Morgan fingerprint density at radius 1 is 1.56 bits per heavy atom. The first-order chi connectivity index (χ1) is 7.60. The summed E-state index contributed by atoms with van der Waals surface area (Å²) >= 11 is 0. The highest BCUT2D eigenvalue weighted by Gasteiger charge is 2.09. The van der Waals surface area contributed by atoms with E-state index < -0.39 is 5.82 Å². The molecule has 0 aliphatic carbocycles. The number of nitrogens with zero attached hydrogens (tertiary/aromatic N) is 2. The molecule has 1 aromatic carbocycles. The van der Waals surface area contributed by atoms with Crippen LogP contribution in [0.3, 0.4) is 0 Å². The van der Waals surface area contributed by atoms with Crippen LogP contribution in [-0.2, 0) is 0 Å². The van der Waals surface area contributed by atoms with Crippen LogP contribution in [0, 0.1) is 5.82 Å². The second-order valence-electron chi connectivity index (χ2n) is 3.30. The molecule has 1 rings (SSSR count). The average molecular weight is 227 g/mol. The van der Waals surface area contributed by atoms with Gasteiger partial charge in [0.05, 0.1) is 12.3 Å². The van der Waals surface area contributed by atoms with Gasteiger partial charge >= 0.3 is 0 Å². The number of likely N-dealkylation sites (N-methyl/N-ethyl adjacent to an activating group) is 1. The van der Waals surface area contributed by atoms with Crippen molar-refractivity contribution < 1.29 is 14.7 Å². The van der Waals surface area contributed by atoms with Gasteiger partial charge in [0.2, 0.25) is 0 Å². The molecule has 0 aliphatic rings. The van der Waals surface area contributed by atoms with Crippen molar-refractivity contribution in [2.45, 2.75) is 0 Å². The number of rotatable bonds is 4. The lowest BCUT2D eigenvalue weighted by Crippen LogP contribution is -2.22. The highest BCUT2D eigenvalue weighted by molar-refractivity contribution is 5.97. The zero-order chi connectivity index (χ0) is 12.1. The van der Waals surface area contributed by atoms with Gasteiger partial charge in [-0.3, -0.25) is 0 Å². The smallest absolute Gasteiger partial charge is 0.170 e. The van der Waals surface area contributed by atoms with Crippen molar-refractivity contribution in [1.82, 2.24) is 0 Å². The number of aliphatic hydroxyl groups excluding tert-OH is 1. The zero-order valence-electron chi connectivity index (χ0n) is 8.89. The minimum absolute atomic E-state index is 0.0576. The Morgan fingerprint density at radius 2 is 2.25 bits per heavy atom. The molecule has 0 saturated carbocycles. The third-order valence-corrected chi connectivity index (χ3v) is 2.20. The second kappa shape index (κ2) is 5.32. The summed E-state index contributed by atoms with van der Waals surface area (Å²) in [4.78, 5) is 1.57. The Bertz CT molecular complexity index is 396. The van der Waals surface area contributed by atoms with E-state index in [2.05, 4.69) is 5.16 Å². The Labute approximate surface area is 92.6 Å². The maximum Gasteiger partial charge on any atom is 0.170 e. The number of oxime groups is 1. The first-order valence-electron chi connectivity index (χ1n) is 4.69. The average Bonchev–Trinajstić information content (AvgIpc) is 2.28. The standard InChI is InChI=1S/C10H14FN3O2/c1-14(4-5-15)9-3-2-7(6-8(9)11)10(12)13-16/h2-3,6,15-16H,4-5H2,1H3,(H2,12,13). The number of nitrogens with two attached hydrogens (primary N) is 1. The van der Waals surface area contributed by atoms with Crippen LogP contribution < -0.4 is 10.6 Å². The molecule has 0 radical (unpaired) electrons. The van der Waals surface area contributed by atoms with Gasteiger partial charge < -0.3 is 20.9 Å². The van der Waals surface area contributed by atoms with Gasteiger partial charge in [-0.15, -0.1) is 0 Å². The summed E-state index contributed by atoms with van der Waals surface area (Å²) < 4.78 is 13.6. The molecule has 0 fully saturated rings. The largest absolute Gasteiger partial charge is 0.409 e. The summed E-state index contributed by atoms with van der Waals surface area (Å²) in [5.74, 6) is -0.629. The van der Waals surface area contributed by atoms with E-state index in [0.717, 1.165) is 0 Å². The predicted octanol–water partition coefficient (Wildman–Crippen LogP) is 0.349. The van der Waals surface area contributed by atoms with Gasteiger partial charge in [0.1, 0.15) is 5.82 Å². The topological polar surface area (TPSA) is 82.1 Å². The van der Waals surface area contributed by atoms with Crippen molar-refractivity contribution in [3.63, 3.8) is 0 Å². The molecule has 16 heavy (non-hydrogen) atoms. The number of benzene rings is 1. The monoisotopic (exact) mass is 227 g/mol. The summed E-state index contributed by atoms with van der Waals surface area (Å²) in [5, 5.41) is 20.0. The van der Waals surface area contributed by atoms with Crippen LogP contribution in [-0.4, -0.2) is 36.3 Å². The summed E-state index contributed by atoms with van der Waals surface area (Å²) in [7, 11) is 1.66. The third-order valence-electron chi connectivity index (χ3n) is 2.20. The fourth-order valence-corrected chi connectivity index (χ4v) is 1.30. The van der Waals surface area contributed by atoms with Crippen LogP contribution in [0.1, 0.15) is 5.56 Å². The predicted molar refractivity (Wildman–Crippen MR) is 59.3 cm³/mol. The molecule has 4 N–H and O–H groups in total. The fourth-order valence-electron chi connectivity index (χ4n) is 1.30.